The number of anilines is 1. The van der Waals surface area contributed by atoms with Crippen LogP contribution in [0, 0.1) is 0 Å². The third kappa shape index (κ3) is 7.66. The maximum atomic E-state index is 12.9. The van der Waals surface area contributed by atoms with Crippen LogP contribution in [0.3, 0.4) is 0 Å². The van der Waals surface area contributed by atoms with Gasteiger partial charge in [-0.3, -0.25) is 4.90 Å². The third-order valence-electron chi connectivity index (χ3n) is 2.23. The van der Waals surface area contributed by atoms with E-state index in [4.69, 9.17) is 28.9 Å². The maximum absolute atomic E-state index is 12.9. The number of carbonyl (C=O) groups excluding carboxylic acids is 1. The highest BCUT2D eigenvalue weighted by Crippen LogP contribution is 2.38. The van der Waals surface area contributed by atoms with E-state index in [0.29, 0.717) is 11.8 Å². The maximum Gasteiger partial charge on any atom is 0.446 e. The van der Waals surface area contributed by atoms with Crippen LogP contribution in [0.5, 0.6) is 0 Å². The topological polar surface area (TPSA) is 46.3 Å². The molecule has 0 aliphatic heterocycles. The van der Waals surface area contributed by atoms with E-state index in [1.807, 2.05) is 0 Å². The molecule has 1 aromatic carbocycles. The van der Waals surface area contributed by atoms with Gasteiger partial charge in [0, 0.05) is 22.9 Å². The Morgan fingerprint density at radius 1 is 1.18 bits per heavy atom. The van der Waals surface area contributed by atoms with E-state index in [1.54, 1.807) is 0 Å². The van der Waals surface area contributed by atoms with Crippen molar-refractivity contribution in [2.45, 2.75) is 14.3 Å². The molecule has 124 valence electrons. The first-order chi connectivity index (χ1) is 9.98. The Hall–Kier alpha value is -0.510. The molecule has 0 fully saturated rings. The van der Waals surface area contributed by atoms with E-state index >= 15 is 0 Å². The zero-order valence-electron chi connectivity index (χ0n) is 10.7. The number of amides is 2. The van der Waals surface area contributed by atoms with Crippen LogP contribution in [-0.2, 0) is 0 Å². The standard InChI is InChI=1S/C11H10Cl2F4N2OS2/c12-10(13,14)21-6-5-19(9(18)20)7-1-3-8(4-2-7)22-11(15,16)17/h1-4H,5-6H2,(H2,18,20). The predicted molar refractivity (Wildman–Crippen MR) is 83.3 cm³/mol. The SMILES string of the molecule is NC(=O)N(CCSC(F)(Cl)Cl)c1ccc(SC(F)(F)F)cc1. The van der Waals surface area contributed by atoms with Crippen molar-refractivity contribution in [3.63, 3.8) is 0 Å². The van der Waals surface area contributed by atoms with Crippen LogP contribution >= 0.6 is 46.7 Å². The van der Waals surface area contributed by atoms with E-state index in [0.717, 1.165) is 4.90 Å². The monoisotopic (exact) mass is 396 g/mol. The first-order valence-corrected chi connectivity index (χ1v) is 8.17. The van der Waals surface area contributed by atoms with Crippen molar-refractivity contribution < 1.29 is 22.4 Å². The third-order valence-corrected chi connectivity index (χ3v) is 4.34. The van der Waals surface area contributed by atoms with Crippen LogP contribution in [0.25, 0.3) is 0 Å². The second-order valence-corrected chi connectivity index (χ2v) is 7.91. The number of urea groups is 1. The molecule has 11 heteroatoms. The molecule has 0 radical (unpaired) electrons. The Morgan fingerprint density at radius 3 is 2.14 bits per heavy atom. The fourth-order valence-electron chi connectivity index (χ4n) is 1.45. The number of benzene rings is 1. The Kier molecular flexibility index (Phi) is 6.97. The number of primary amides is 1. The zero-order valence-corrected chi connectivity index (χ0v) is 13.9. The largest absolute Gasteiger partial charge is 0.446 e. The highest BCUT2D eigenvalue weighted by Gasteiger charge is 2.29. The number of carbonyl (C=O) groups is 1. The number of nitrogens with two attached hydrogens (primary N) is 1. The summed E-state index contributed by atoms with van der Waals surface area (Å²) in [5.41, 5.74) is 1.08. The van der Waals surface area contributed by atoms with Gasteiger partial charge in [-0.05, 0) is 36.0 Å². The molecule has 0 aromatic heterocycles. The molecule has 22 heavy (non-hydrogen) atoms. The lowest BCUT2D eigenvalue weighted by Gasteiger charge is -2.21. The Labute approximate surface area is 142 Å². The molecule has 2 N–H and O–H groups in total. The number of rotatable bonds is 6. The van der Waals surface area contributed by atoms with Crippen LogP contribution in [0.2, 0.25) is 0 Å². The lowest BCUT2D eigenvalue weighted by atomic mass is 10.3. The average Bonchev–Trinajstić information content (AvgIpc) is 2.32. The van der Waals surface area contributed by atoms with Crippen molar-refractivity contribution in [2.24, 2.45) is 5.73 Å². The Morgan fingerprint density at radius 2 is 1.73 bits per heavy atom. The van der Waals surface area contributed by atoms with Gasteiger partial charge < -0.3 is 5.73 Å². The lowest BCUT2D eigenvalue weighted by Crippen LogP contribution is -2.37. The van der Waals surface area contributed by atoms with E-state index in [-0.39, 0.29) is 34.6 Å². The van der Waals surface area contributed by atoms with Crippen LogP contribution in [0.4, 0.5) is 28.0 Å². The van der Waals surface area contributed by atoms with E-state index in [9.17, 15) is 22.4 Å². The molecule has 0 saturated heterocycles. The van der Waals surface area contributed by atoms with Gasteiger partial charge in [0.05, 0.1) is 0 Å². The zero-order chi connectivity index (χ0) is 17.0. The number of hydrogen-bond donors (Lipinski definition) is 1. The fraction of sp³-hybridized carbons (Fsp3) is 0.364. The molecular weight excluding hydrogens is 387 g/mol. The van der Waals surface area contributed by atoms with Gasteiger partial charge in [-0.15, -0.1) is 0 Å². The minimum absolute atomic E-state index is 0.00310. The molecule has 1 rings (SSSR count). The van der Waals surface area contributed by atoms with E-state index in [2.05, 4.69) is 0 Å². The molecule has 0 saturated carbocycles. The average molecular weight is 397 g/mol. The van der Waals surface area contributed by atoms with Gasteiger partial charge in [0.2, 0.25) is 0 Å². The summed E-state index contributed by atoms with van der Waals surface area (Å²) in [4.78, 5) is 12.4. The van der Waals surface area contributed by atoms with Crippen molar-refractivity contribution >= 4 is 58.4 Å². The fourth-order valence-corrected chi connectivity index (χ4v) is 2.95. The summed E-state index contributed by atoms with van der Waals surface area (Å²) in [6, 6.07) is 4.21. The summed E-state index contributed by atoms with van der Waals surface area (Å²) < 4.78 is 47.1. The molecule has 0 aliphatic carbocycles. The molecule has 0 spiro atoms. The molecule has 0 unspecified atom stereocenters. The smallest absolute Gasteiger partial charge is 0.351 e. The van der Waals surface area contributed by atoms with Crippen molar-refractivity contribution in [1.29, 1.82) is 0 Å². The molecular formula is C11H10Cl2F4N2OS2. The number of nitrogens with zero attached hydrogens (tertiary/aromatic N) is 1. The minimum Gasteiger partial charge on any atom is -0.351 e. The molecule has 3 nitrogen and oxygen atoms in total. The minimum atomic E-state index is -4.40. The van der Waals surface area contributed by atoms with Gasteiger partial charge in [0.25, 0.3) is 0 Å². The molecule has 0 aliphatic rings. The summed E-state index contributed by atoms with van der Waals surface area (Å²) in [6.45, 7) is -0.00310. The molecule has 2 amide bonds. The van der Waals surface area contributed by atoms with Crippen molar-refractivity contribution in [3.05, 3.63) is 24.3 Å². The van der Waals surface area contributed by atoms with Crippen molar-refractivity contribution in [1.82, 2.24) is 0 Å². The van der Waals surface area contributed by atoms with Gasteiger partial charge >= 0.3 is 15.5 Å². The van der Waals surface area contributed by atoms with Crippen LogP contribution in [0.1, 0.15) is 0 Å². The molecule has 0 atom stereocenters. The molecule has 1 aromatic rings. The van der Waals surface area contributed by atoms with E-state index in [1.165, 1.54) is 24.3 Å². The summed E-state index contributed by atoms with van der Waals surface area (Å²) in [7, 11) is 0. The predicted octanol–water partition coefficient (Wildman–Crippen LogP) is 4.98. The first kappa shape index (κ1) is 19.5. The summed E-state index contributed by atoms with van der Waals surface area (Å²) >= 11 is 10.6. The first-order valence-electron chi connectivity index (χ1n) is 5.61. The number of halogens is 6. The summed E-state index contributed by atoms with van der Waals surface area (Å²) in [6.07, 6.45) is 0. The molecule has 0 heterocycles. The number of thioether (sulfide) groups is 2. The van der Waals surface area contributed by atoms with Crippen molar-refractivity contribution in [3.8, 4) is 0 Å². The number of alkyl halides is 6. The van der Waals surface area contributed by atoms with Crippen LogP contribution < -0.4 is 10.6 Å². The Balaban J connectivity index is 2.74. The van der Waals surface area contributed by atoms with Crippen LogP contribution in [-0.4, -0.2) is 27.8 Å². The van der Waals surface area contributed by atoms with Gasteiger partial charge in [0.1, 0.15) is 0 Å². The highest BCUT2D eigenvalue weighted by molar-refractivity contribution is 8.03. The Bertz CT molecular complexity index is 508. The normalized spacial score (nSPS) is 12.3. The molecule has 0 bridgehead atoms. The van der Waals surface area contributed by atoms with E-state index < -0.39 is 15.5 Å². The summed E-state index contributed by atoms with van der Waals surface area (Å²) in [5.74, 6) is 0.0471. The van der Waals surface area contributed by atoms with Crippen molar-refractivity contribution in [2.75, 3.05) is 17.2 Å². The van der Waals surface area contributed by atoms with Gasteiger partial charge in [-0.1, -0.05) is 35.0 Å². The van der Waals surface area contributed by atoms with Gasteiger partial charge in [-0.2, -0.15) is 17.6 Å². The van der Waals surface area contributed by atoms with Gasteiger partial charge in [-0.25, -0.2) is 4.79 Å². The lowest BCUT2D eigenvalue weighted by molar-refractivity contribution is -0.0328. The quantitative estimate of drug-likeness (QED) is 0.419. The second kappa shape index (κ2) is 7.85. The highest BCUT2D eigenvalue weighted by atomic mass is 35.5. The number of hydrogen-bond acceptors (Lipinski definition) is 3. The van der Waals surface area contributed by atoms with Crippen LogP contribution in [0.15, 0.2) is 29.2 Å². The summed E-state index contributed by atoms with van der Waals surface area (Å²) in [5, 5.41) is 0. The van der Waals surface area contributed by atoms with Gasteiger partial charge in [0.15, 0.2) is 0 Å². The second-order valence-electron chi connectivity index (χ2n) is 3.83.